The molecule has 3 heteroatoms. The van der Waals surface area contributed by atoms with Gasteiger partial charge in [-0.3, -0.25) is 0 Å². The van der Waals surface area contributed by atoms with Crippen molar-refractivity contribution < 1.29 is 9.47 Å². The monoisotopic (exact) mass is 410 g/mol. The summed E-state index contributed by atoms with van der Waals surface area (Å²) in [5.41, 5.74) is 3.22. The van der Waals surface area contributed by atoms with Crippen LogP contribution in [0.1, 0.15) is 89.2 Å². The molecule has 29 heavy (non-hydrogen) atoms. The van der Waals surface area contributed by atoms with E-state index in [1.807, 2.05) is 0 Å². The van der Waals surface area contributed by atoms with E-state index < -0.39 is 0 Å². The van der Waals surface area contributed by atoms with E-state index in [9.17, 15) is 0 Å². The maximum Gasteiger partial charge on any atom is 0.0844 e. The third-order valence-electron chi connectivity index (χ3n) is 9.28. The van der Waals surface area contributed by atoms with Crippen LogP contribution in [0.3, 0.4) is 0 Å². The number of rotatable bonds is 2. The molecule has 158 valence electrons. The lowest BCUT2D eigenvalue weighted by Crippen LogP contribution is -2.38. The lowest BCUT2D eigenvalue weighted by atomic mass is 9.70. The Labute approximate surface area is 179 Å². The largest absolute Gasteiger partial charge is 0.370 e. The lowest BCUT2D eigenvalue weighted by molar-refractivity contribution is 0.265. The Kier molecular flexibility index (Phi) is 4.23. The normalized spacial score (nSPS) is 47.4. The van der Waals surface area contributed by atoms with Crippen molar-refractivity contribution in [3.05, 3.63) is 35.4 Å². The van der Waals surface area contributed by atoms with Gasteiger partial charge in [-0.2, -0.15) is 0 Å². The molecule has 2 nitrogen and oxygen atoms in total. The highest BCUT2D eigenvalue weighted by Gasteiger charge is 2.53. The van der Waals surface area contributed by atoms with Gasteiger partial charge >= 0.3 is 0 Å². The lowest BCUT2D eigenvalue weighted by Gasteiger charge is -2.47. The summed E-state index contributed by atoms with van der Waals surface area (Å²) in [6, 6.07) is 10.1. The molecule has 6 aliphatic rings. The Morgan fingerprint density at radius 1 is 0.655 bits per heavy atom. The second kappa shape index (κ2) is 6.43. The first-order valence-corrected chi connectivity index (χ1v) is 13.6. The van der Waals surface area contributed by atoms with Gasteiger partial charge in [0, 0.05) is 9.52 Å². The van der Waals surface area contributed by atoms with Crippen molar-refractivity contribution in [2.24, 2.45) is 11.8 Å². The van der Waals surface area contributed by atoms with Gasteiger partial charge in [0.1, 0.15) is 0 Å². The first-order valence-electron chi connectivity index (χ1n) is 12.2. The second-order valence-electron chi connectivity index (χ2n) is 12.3. The Morgan fingerprint density at radius 3 is 1.45 bits per heavy atom. The average Bonchev–Trinajstić information content (AvgIpc) is 3.55. The Hall–Kier alpha value is -0.643. The molecule has 0 amide bonds. The number of benzene rings is 1. The van der Waals surface area contributed by atoms with Crippen LogP contribution in [-0.4, -0.2) is 33.9 Å². The molecule has 8 unspecified atom stereocenters. The van der Waals surface area contributed by atoms with Gasteiger partial charge in [-0.05, 0) is 83.4 Å². The van der Waals surface area contributed by atoms with Crippen molar-refractivity contribution in [2.75, 3.05) is 0 Å². The SMILES string of the molecule is CC1(C)[SiH2]C(C)(C)C(C2CCC3OC3C2)c2ccc(cc2)C1C1CCC2OC2C1. The van der Waals surface area contributed by atoms with E-state index >= 15 is 0 Å². The minimum atomic E-state index is -0.333. The predicted octanol–water partition coefficient (Wildman–Crippen LogP) is 5.57. The van der Waals surface area contributed by atoms with Crippen LogP contribution in [0.5, 0.6) is 0 Å². The fraction of sp³-hybridized carbons (Fsp3) is 0.769. The molecular weight excluding hydrogens is 372 g/mol. The fourth-order valence-electron chi connectivity index (χ4n) is 8.50. The Balaban J connectivity index is 1.36. The highest BCUT2D eigenvalue weighted by Crippen LogP contribution is 2.61. The third-order valence-corrected chi connectivity index (χ3v) is 12.0. The maximum atomic E-state index is 5.93. The van der Waals surface area contributed by atoms with Crippen LogP contribution in [0, 0.1) is 11.8 Å². The van der Waals surface area contributed by atoms with Crippen LogP contribution in [0.15, 0.2) is 24.3 Å². The fourth-order valence-corrected chi connectivity index (χ4v) is 12.4. The molecule has 0 spiro atoms. The van der Waals surface area contributed by atoms with Crippen LogP contribution in [0.2, 0.25) is 10.1 Å². The molecule has 0 N–H and O–H groups in total. The van der Waals surface area contributed by atoms with Gasteiger partial charge in [0.15, 0.2) is 0 Å². The smallest absolute Gasteiger partial charge is 0.0844 e. The van der Waals surface area contributed by atoms with E-state index in [4.69, 9.17) is 9.47 Å². The second-order valence-corrected chi connectivity index (χ2v) is 16.3. The molecule has 2 bridgehead atoms. The van der Waals surface area contributed by atoms with E-state index in [-0.39, 0.29) is 9.52 Å². The molecule has 4 fully saturated rings. The van der Waals surface area contributed by atoms with Crippen LogP contribution in [0.25, 0.3) is 0 Å². The summed E-state index contributed by atoms with van der Waals surface area (Å²) in [7, 11) is -0.333. The summed E-state index contributed by atoms with van der Waals surface area (Å²) in [5, 5.41) is 0.871. The van der Waals surface area contributed by atoms with E-state index in [1.54, 1.807) is 11.1 Å². The Morgan fingerprint density at radius 2 is 1.07 bits per heavy atom. The van der Waals surface area contributed by atoms with Crippen molar-refractivity contribution >= 4 is 9.52 Å². The molecule has 0 radical (unpaired) electrons. The summed E-state index contributed by atoms with van der Waals surface area (Å²) >= 11 is 0. The zero-order chi connectivity index (χ0) is 20.0. The number of hydrogen-bond acceptors (Lipinski definition) is 2. The molecular formula is C26H38O2Si. The molecule has 0 aromatic heterocycles. The van der Waals surface area contributed by atoms with Crippen molar-refractivity contribution in [3.63, 3.8) is 0 Å². The topological polar surface area (TPSA) is 25.1 Å². The minimum Gasteiger partial charge on any atom is -0.370 e. The molecule has 7 rings (SSSR count). The summed E-state index contributed by atoms with van der Waals surface area (Å²) in [6.07, 6.45) is 10.2. The quantitative estimate of drug-likeness (QED) is 0.470. The van der Waals surface area contributed by atoms with Crippen LogP contribution < -0.4 is 0 Å². The van der Waals surface area contributed by atoms with E-state index in [0.29, 0.717) is 46.3 Å². The molecule has 1 aromatic rings. The summed E-state index contributed by atoms with van der Waals surface area (Å²) < 4.78 is 11.9. The van der Waals surface area contributed by atoms with Gasteiger partial charge in [0.05, 0.1) is 24.4 Å². The number of ether oxygens (including phenoxy) is 2. The molecule has 4 aliphatic heterocycles. The average molecular weight is 411 g/mol. The van der Waals surface area contributed by atoms with Crippen molar-refractivity contribution in [3.8, 4) is 0 Å². The van der Waals surface area contributed by atoms with Gasteiger partial charge in [0.2, 0.25) is 0 Å². The number of epoxide rings is 2. The highest BCUT2D eigenvalue weighted by atomic mass is 28.2. The highest BCUT2D eigenvalue weighted by molar-refractivity contribution is 6.44. The van der Waals surface area contributed by atoms with Crippen LogP contribution >= 0.6 is 0 Å². The first-order chi connectivity index (χ1) is 13.8. The van der Waals surface area contributed by atoms with Crippen LogP contribution in [0.4, 0.5) is 0 Å². The molecule has 1 aromatic carbocycles. The minimum absolute atomic E-state index is 0.333. The molecule has 2 saturated heterocycles. The van der Waals surface area contributed by atoms with Gasteiger partial charge in [-0.15, -0.1) is 0 Å². The van der Waals surface area contributed by atoms with Gasteiger partial charge in [-0.25, -0.2) is 0 Å². The maximum absolute atomic E-state index is 5.93. The number of hydrogen-bond donors (Lipinski definition) is 0. The van der Waals surface area contributed by atoms with Crippen molar-refractivity contribution in [1.82, 2.24) is 0 Å². The van der Waals surface area contributed by atoms with Crippen LogP contribution in [-0.2, 0) is 9.47 Å². The van der Waals surface area contributed by atoms with Crippen molar-refractivity contribution in [1.29, 1.82) is 0 Å². The van der Waals surface area contributed by atoms with Crippen molar-refractivity contribution in [2.45, 2.75) is 113 Å². The van der Waals surface area contributed by atoms with Gasteiger partial charge in [0.25, 0.3) is 0 Å². The summed E-state index contributed by atoms with van der Waals surface area (Å²) in [5.74, 6) is 3.01. The first kappa shape index (κ1) is 19.1. The van der Waals surface area contributed by atoms with E-state index in [2.05, 4.69) is 52.0 Å². The van der Waals surface area contributed by atoms with Gasteiger partial charge in [-0.1, -0.05) is 52.0 Å². The zero-order valence-corrected chi connectivity index (χ0v) is 20.1. The van der Waals surface area contributed by atoms with E-state index in [1.165, 1.54) is 38.5 Å². The summed E-state index contributed by atoms with van der Waals surface area (Å²) in [4.78, 5) is 0. The predicted molar refractivity (Wildman–Crippen MR) is 121 cm³/mol. The molecule has 2 aliphatic carbocycles. The molecule has 8 atom stereocenters. The number of fused-ring (bicyclic) bond motifs is 8. The zero-order valence-electron chi connectivity index (χ0n) is 18.7. The molecule has 4 heterocycles. The third kappa shape index (κ3) is 3.27. The Bertz CT molecular complexity index is 719. The summed E-state index contributed by atoms with van der Waals surface area (Å²) in [6.45, 7) is 10.5. The molecule has 2 saturated carbocycles. The standard InChI is InChI=1S/C26H38O2Si/c1-25(2)23(17-9-11-19-21(13-17)27-19)15-5-7-16(8-6-15)24(26(3,4)29-25)18-10-12-20-22(14-18)28-20/h5-8,17-24H,9-14,29H2,1-4H3. The van der Waals surface area contributed by atoms with E-state index in [0.717, 1.165) is 11.8 Å². The van der Waals surface area contributed by atoms with Gasteiger partial charge < -0.3 is 9.47 Å².